The summed E-state index contributed by atoms with van der Waals surface area (Å²) in [5, 5.41) is 15.5. The monoisotopic (exact) mass is 664 g/mol. The van der Waals surface area contributed by atoms with Crippen LogP contribution in [0.4, 0.5) is 31.5 Å². The van der Waals surface area contributed by atoms with Gasteiger partial charge in [0.15, 0.2) is 0 Å². The van der Waals surface area contributed by atoms with E-state index in [2.05, 4.69) is 20.0 Å². The second-order valence-electron chi connectivity index (χ2n) is 10.3. The average Bonchev–Trinajstić information content (AvgIpc) is 3.40. The van der Waals surface area contributed by atoms with Crippen LogP contribution in [-0.2, 0) is 16.6 Å². The Bertz CT molecular complexity index is 2090. The number of nitro benzene ring substituents is 1. The van der Waals surface area contributed by atoms with Gasteiger partial charge in [0.2, 0.25) is 5.88 Å². The van der Waals surface area contributed by atoms with Crippen molar-refractivity contribution in [1.29, 1.82) is 0 Å². The molecule has 242 valence electrons. The van der Waals surface area contributed by atoms with Crippen LogP contribution in [0.15, 0.2) is 90.0 Å². The van der Waals surface area contributed by atoms with Crippen molar-refractivity contribution in [2.24, 2.45) is 0 Å². The standard InChI is InChI=1S/C31H26F2N6O7S/c32-31(33)46-21-6-3-5-19(15-21)18-35-24-10-9-22(17-26(24)39(41)42)47(43,44)37-29(40)23-7-1-2-8-25(23)38-13-4-14-45-30-27(38)16-20-11-12-34-28(20)36-30/h1-3,5-12,15-17,31,35H,4,13-14,18H2,(H,34,36)(H,37,40). The normalized spacial score (nSPS) is 13.0. The van der Waals surface area contributed by atoms with E-state index in [4.69, 9.17) is 4.74 Å². The number of alkyl halides is 2. The smallest absolute Gasteiger partial charge is 0.387 e. The van der Waals surface area contributed by atoms with Crippen molar-refractivity contribution >= 4 is 49.7 Å². The molecule has 16 heteroatoms. The molecule has 3 N–H and O–H groups in total. The van der Waals surface area contributed by atoms with Gasteiger partial charge >= 0.3 is 6.61 Å². The van der Waals surface area contributed by atoms with Gasteiger partial charge in [0.25, 0.3) is 21.6 Å². The number of benzene rings is 3. The minimum absolute atomic E-state index is 0.0172. The number of fused-ring (bicyclic) bond motifs is 2. The number of nitrogens with zero attached hydrogens (tertiary/aromatic N) is 3. The summed E-state index contributed by atoms with van der Waals surface area (Å²) >= 11 is 0. The van der Waals surface area contributed by atoms with Crippen LogP contribution in [0.1, 0.15) is 22.3 Å². The third kappa shape index (κ3) is 6.76. The summed E-state index contributed by atoms with van der Waals surface area (Å²) in [7, 11) is -4.58. The second-order valence-corrected chi connectivity index (χ2v) is 12.0. The molecule has 6 rings (SSSR count). The Kier molecular flexibility index (Phi) is 8.58. The number of hydrogen-bond donors (Lipinski definition) is 3. The lowest BCUT2D eigenvalue weighted by molar-refractivity contribution is -0.384. The van der Waals surface area contributed by atoms with Gasteiger partial charge in [-0.3, -0.25) is 14.9 Å². The van der Waals surface area contributed by atoms with E-state index in [0.29, 0.717) is 48.0 Å². The highest BCUT2D eigenvalue weighted by molar-refractivity contribution is 7.90. The molecule has 0 unspecified atom stereocenters. The molecule has 0 spiro atoms. The molecule has 13 nitrogen and oxygen atoms in total. The minimum atomic E-state index is -4.58. The number of rotatable bonds is 10. The summed E-state index contributed by atoms with van der Waals surface area (Å²) in [4.78, 5) is 33.6. The van der Waals surface area contributed by atoms with Gasteiger partial charge in [0.1, 0.15) is 22.8 Å². The van der Waals surface area contributed by atoms with Gasteiger partial charge in [-0.25, -0.2) is 13.1 Å². The number of amides is 1. The van der Waals surface area contributed by atoms with Crippen LogP contribution in [0.2, 0.25) is 0 Å². The Balaban J connectivity index is 1.24. The highest BCUT2D eigenvalue weighted by Gasteiger charge is 2.28. The lowest BCUT2D eigenvalue weighted by Crippen LogP contribution is -2.32. The zero-order chi connectivity index (χ0) is 33.1. The van der Waals surface area contributed by atoms with E-state index in [1.807, 2.05) is 21.8 Å². The molecule has 0 bridgehead atoms. The molecular formula is C31H26F2N6O7S. The molecule has 3 heterocycles. The van der Waals surface area contributed by atoms with Crippen molar-refractivity contribution in [3.63, 3.8) is 0 Å². The quantitative estimate of drug-likeness (QED) is 0.124. The molecule has 0 atom stereocenters. The van der Waals surface area contributed by atoms with Crippen LogP contribution < -0.4 is 24.4 Å². The first-order valence-corrected chi connectivity index (χ1v) is 15.7. The van der Waals surface area contributed by atoms with Crippen molar-refractivity contribution in [3.05, 3.63) is 106 Å². The summed E-state index contributed by atoms with van der Waals surface area (Å²) in [6, 6.07) is 19.1. The number of ether oxygens (including phenoxy) is 2. The average molecular weight is 665 g/mol. The molecule has 2 aromatic heterocycles. The van der Waals surface area contributed by atoms with Gasteiger partial charge in [-0.15, -0.1) is 0 Å². The lowest BCUT2D eigenvalue weighted by Gasteiger charge is -2.25. The molecule has 0 saturated heterocycles. The third-order valence-electron chi connectivity index (χ3n) is 7.29. The minimum Gasteiger partial charge on any atom is -0.476 e. The van der Waals surface area contributed by atoms with Gasteiger partial charge in [0.05, 0.1) is 27.7 Å². The van der Waals surface area contributed by atoms with Gasteiger partial charge in [-0.1, -0.05) is 24.3 Å². The van der Waals surface area contributed by atoms with Gasteiger partial charge in [-0.05, 0) is 60.5 Å². The highest BCUT2D eigenvalue weighted by atomic mass is 32.2. The number of halogens is 2. The fraction of sp³-hybridized carbons (Fsp3) is 0.161. The zero-order valence-electron chi connectivity index (χ0n) is 24.4. The van der Waals surface area contributed by atoms with Crippen LogP contribution in [0, 0.1) is 10.1 Å². The first-order chi connectivity index (χ1) is 22.6. The van der Waals surface area contributed by atoms with Crippen LogP contribution in [0.25, 0.3) is 11.0 Å². The third-order valence-corrected chi connectivity index (χ3v) is 8.61. The number of sulfonamides is 1. The predicted molar refractivity (Wildman–Crippen MR) is 168 cm³/mol. The van der Waals surface area contributed by atoms with E-state index >= 15 is 0 Å². The number of para-hydroxylation sites is 1. The van der Waals surface area contributed by atoms with E-state index in [1.165, 1.54) is 30.3 Å². The number of aromatic amines is 1. The van der Waals surface area contributed by atoms with Crippen molar-refractivity contribution in [1.82, 2.24) is 14.7 Å². The van der Waals surface area contributed by atoms with Crippen molar-refractivity contribution in [3.8, 4) is 11.6 Å². The molecule has 0 fully saturated rings. The highest BCUT2D eigenvalue weighted by Crippen LogP contribution is 2.38. The Morgan fingerprint density at radius 2 is 1.91 bits per heavy atom. The van der Waals surface area contributed by atoms with Crippen LogP contribution in [0.3, 0.4) is 0 Å². The molecule has 1 aliphatic heterocycles. The summed E-state index contributed by atoms with van der Waals surface area (Å²) in [5.41, 5.74) is 1.56. The van der Waals surface area contributed by atoms with Crippen LogP contribution >= 0.6 is 0 Å². The molecular weight excluding hydrogens is 638 g/mol. The summed E-state index contributed by atoms with van der Waals surface area (Å²) < 4.78 is 64.1. The fourth-order valence-electron chi connectivity index (χ4n) is 5.16. The first-order valence-electron chi connectivity index (χ1n) is 14.2. The second kappa shape index (κ2) is 12.9. The van der Waals surface area contributed by atoms with E-state index in [-0.39, 0.29) is 23.5 Å². The topological polar surface area (TPSA) is 169 Å². The van der Waals surface area contributed by atoms with Gasteiger partial charge in [0, 0.05) is 30.7 Å². The number of nitro groups is 1. The van der Waals surface area contributed by atoms with E-state index < -0.39 is 38.0 Å². The largest absolute Gasteiger partial charge is 0.476 e. The Morgan fingerprint density at radius 3 is 2.72 bits per heavy atom. The Hall–Kier alpha value is -5.77. The number of aromatic nitrogens is 2. The molecule has 1 aliphatic rings. The summed E-state index contributed by atoms with van der Waals surface area (Å²) in [5.74, 6) is -0.676. The molecule has 5 aromatic rings. The number of carbonyl (C=O) groups excluding carboxylic acids is 1. The SMILES string of the molecule is O=C(NS(=O)(=O)c1ccc(NCc2cccc(OC(F)F)c2)c([N+](=O)[O-])c1)c1ccccc1N1CCCOc2nc3[nH]ccc3cc21. The molecule has 0 radical (unpaired) electrons. The number of carbonyl (C=O) groups is 1. The van der Waals surface area contributed by atoms with Crippen LogP contribution in [-0.4, -0.2) is 49.0 Å². The number of pyridine rings is 1. The Labute approximate surface area is 266 Å². The number of anilines is 3. The predicted octanol–water partition coefficient (Wildman–Crippen LogP) is 5.72. The lowest BCUT2D eigenvalue weighted by atomic mass is 10.1. The van der Waals surface area contributed by atoms with E-state index in [1.54, 1.807) is 30.5 Å². The van der Waals surface area contributed by atoms with Crippen LogP contribution in [0.5, 0.6) is 11.6 Å². The summed E-state index contributed by atoms with van der Waals surface area (Å²) in [6.07, 6.45) is 2.34. The zero-order valence-corrected chi connectivity index (χ0v) is 25.2. The maximum Gasteiger partial charge on any atom is 0.387 e. The molecule has 0 aliphatic carbocycles. The summed E-state index contributed by atoms with van der Waals surface area (Å²) in [6.45, 7) is -2.20. The van der Waals surface area contributed by atoms with Gasteiger partial charge in [-0.2, -0.15) is 13.8 Å². The van der Waals surface area contributed by atoms with Gasteiger partial charge < -0.3 is 24.7 Å². The van der Waals surface area contributed by atoms with Crippen molar-refractivity contribution in [2.45, 2.75) is 24.5 Å². The van der Waals surface area contributed by atoms with Crippen molar-refractivity contribution < 1.29 is 36.4 Å². The Morgan fingerprint density at radius 1 is 1.09 bits per heavy atom. The first kappa shape index (κ1) is 31.2. The molecule has 0 saturated carbocycles. The maximum absolute atomic E-state index is 13.5. The number of nitrogens with one attached hydrogen (secondary N) is 3. The molecule has 1 amide bonds. The number of H-pyrrole nitrogens is 1. The number of hydrogen-bond acceptors (Lipinski definition) is 10. The molecule has 3 aromatic carbocycles. The van der Waals surface area contributed by atoms with Crippen molar-refractivity contribution in [2.75, 3.05) is 23.4 Å². The van der Waals surface area contributed by atoms with E-state index in [9.17, 15) is 32.1 Å². The maximum atomic E-state index is 13.5. The molecule has 47 heavy (non-hydrogen) atoms. The fourth-order valence-corrected chi connectivity index (χ4v) is 6.15. The van der Waals surface area contributed by atoms with E-state index in [0.717, 1.165) is 17.5 Å².